The zero-order chi connectivity index (χ0) is 24.2. The average Bonchev–Trinajstić information content (AvgIpc) is 3.09. The second-order valence-corrected chi connectivity index (χ2v) is 7.64. The highest BCUT2D eigenvalue weighted by molar-refractivity contribution is 5.93. The van der Waals surface area contributed by atoms with Crippen molar-refractivity contribution in [3.8, 4) is 11.3 Å². The molecule has 0 bridgehead atoms. The van der Waals surface area contributed by atoms with Crippen molar-refractivity contribution in [1.82, 2.24) is 4.57 Å². The summed E-state index contributed by atoms with van der Waals surface area (Å²) in [4.78, 5) is 24.9. The number of aryl methyl sites for hydroxylation is 1. The summed E-state index contributed by atoms with van der Waals surface area (Å²) < 4.78 is 45.2. The van der Waals surface area contributed by atoms with Crippen molar-refractivity contribution in [1.29, 1.82) is 0 Å². The smallest absolute Gasteiger partial charge is 0.416 e. The number of ether oxygens (including phenoxy) is 1. The van der Waals surface area contributed by atoms with Crippen LogP contribution in [0.5, 0.6) is 0 Å². The molecule has 0 saturated carbocycles. The fourth-order valence-corrected chi connectivity index (χ4v) is 3.49. The summed E-state index contributed by atoms with van der Waals surface area (Å²) in [6.45, 7) is 6.03. The topological polar surface area (TPSA) is 60.3 Å². The quantitative estimate of drug-likeness (QED) is 0.442. The SMILES string of the molecule is CCOC(=O)c1cc(-c2ccc(C)cc2)n(CCC(=O)Nc2ccc(C(F)(F)F)cc2)c1C. The van der Waals surface area contributed by atoms with Gasteiger partial charge in [-0.1, -0.05) is 29.8 Å². The Morgan fingerprint density at radius 3 is 2.21 bits per heavy atom. The lowest BCUT2D eigenvalue weighted by Gasteiger charge is -2.13. The number of aromatic nitrogens is 1. The zero-order valence-electron chi connectivity index (χ0n) is 18.6. The molecule has 33 heavy (non-hydrogen) atoms. The molecule has 3 rings (SSSR count). The molecular formula is C25H25F3N2O3. The van der Waals surface area contributed by atoms with Gasteiger partial charge in [0.05, 0.1) is 17.7 Å². The number of benzene rings is 2. The molecule has 0 aliphatic rings. The molecule has 0 atom stereocenters. The van der Waals surface area contributed by atoms with Crippen LogP contribution < -0.4 is 5.32 Å². The maximum Gasteiger partial charge on any atom is 0.416 e. The van der Waals surface area contributed by atoms with Crippen molar-refractivity contribution >= 4 is 17.6 Å². The van der Waals surface area contributed by atoms with Crippen molar-refractivity contribution in [3.05, 3.63) is 77.0 Å². The molecule has 0 fully saturated rings. The van der Waals surface area contributed by atoms with Gasteiger partial charge in [-0.05, 0) is 56.7 Å². The van der Waals surface area contributed by atoms with Gasteiger partial charge < -0.3 is 14.6 Å². The monoisotopic (exact) mass is 458 g/mol. The highest BCUT2D eigenvalue weighted by Gasteiger charge is 2.30. The van der Waals surface area contributed by atoms with Crippen molar-refractivity contribution in [3.63, 3.8) is 0 Å². The Bertz CT molecular complexity index is 1130. The van der Waals surface area contributed by atoms with Gasteiger partial charge in [0.2, 0.25) is 5.91 Å². The van der Waals surface area contributed by atoms with Crippen LogP contribution in [0.25, 0.3) is 11.3 Å². The first kappa shape index (κ1) is 24.1. The van der Waals surface area contributed by atoms with Crippen molar-refractivity contribution in [2.75, 3.05) is 11.9 Å². The van der Waals surface area contributed by atoms with Crippen LogP contribution in [0.3, 0.4) is 0 Å². The molecule has 8 heteroatoms. The van der Waals surface area contributed by atoms with Gasteiger partial charge in [-0.2, -0.15) is 13.2 Å². The number of rotatable bonds is 7. The molecule has 3 aromatic rings. The standard InChI is InChI=1S/C25H25F3N2O3/c1-4-33-24(32)21-15-22(18-7-5-16(2)6-8-18)30(17(21)3)14-13-23(31)29-20-11-9-19(10-12-20)25(26,27)28/h5-12,15H,4,13-14H2,1-3H3,(H,29,31). The summed E-state index contributed by atoms with van der Waals surface area (Å²) in [5.74, 6) is -0.785. The Morgan fingerprint density at radius 2 is 1.64 bits per heavy atom. The van der Waals surface area contributed by atoms with Crippen LogP contribution in [-0.4, -0.2) is 23.1 Å². The number of nitrogens with one attached hydrogen (secondary N) is 1. The molecule has 1 heterocycles. The van der Waals surface area contributed by atoms with E-state index in [0.29, 0.717) is 11.3 Å². The number of carbonyl (C=O) groups is 2. The predicted octanol–water partition coefficient (Wildman–Crippen LogP) is 6.00. The number of carbonyl (C=O) groups excluding carboxylic acids is 2. The summed E-state index contributed by atoms with van der Waals surface area (Å²) in [7, 11) is 0. The summed E-state index contributed by atoms with van der Waals surface area (Å²) in [5, 5.41) is 2.62. The molecule has 1 aromatic heterocycles. The summed E-state index contributed by atoms with van der Waals surface area (Å²) in [5.41, 5.74) is 3.36. The second kappa shape index (κ2) is 9.94. The Morgan fingerprint density at radius 1 is 1.00 bits per heavy atom. The number of hydrogen-bond donors (Lipinski definition) is 1. The van der Waals surface area contributed by atoms with Crippen LogP contribution in [0, 0.1) is 13.8 Å². The molecule has 174 valence electrons. The summed E-state index contributed by atoms with van der Waals surface area (Å²) >= 11 is 0. The van der Waals surface area contributed by atoms with E-state index in [2.05, 4.69) is 5.32 Å². The van der Waals surface area contributed by atoms with E-state index in [1.807, 2.05) is 35.8 Å². The van der Waals surface area contributed by atoms with Crippen LogP contribution in [-0.2, 0) is 22.3 Å². The number of alkyl halides is 3. The third-order valence-electron chi connectivity index (χ3n) is 5.27. The van der Waals surface area contributed by atoms with Gasteiger partial charge in [0, 0.05) is 30.0 Å². The molecule has 2 aromatic carbocycles. The first-order chi connectivity index (χ1) is 15.6. The van der Waals surface area contributed by atoms with Crippen molar-refractivity contribution in [2.45, 2.75) is 39.9 Å². The molecule has 1 N–H and O–H groups in total. The predicted molar refractivity (Wildman–Crippen MR) is 120 cm³/mol. The van der Waals surface area contributed by atoms with Crippen LogP contribution in [0.2, 0.25) is 0 Å². The van der Waals surface area contributed by atoms with Gasteiger partial charge in [-0.25, -0.2) is 4.79 Å². The molecule has 0 aliphatic carbocycles. The normalized spacial score (nSPS) is 11.3. The number of amides is 1. The number of hydrogen-bond acceptors (Lipinski definition) is 3. The largest absolute Gasteiger partial charge is 0.462 e. The highest BCUT2D eigenvalue weighted by atomic mass is 19.4. The Kier molecular flexibility index (Phi) is 7.26. The van der Waals surface area contributed by atoms with E-state index < -0.39 is 17.7 Å². The number of halogens is 3. The first-order valence-electron chi connectivity index (χ1n) is 10.5. The highest BCUT2D eigenvalue weighted by Crippen LogP contribution is 2.30. The molecule has 0 spiro atoms. The lowest BCUT2D eigenvalue weighted by atomic mass is 10.1. The first-order valence-corrected chi connectivity index (χ1v) is 10.5. The number of esters is 1. The molecule has 1 amide bonds. The number of anilines is 1. The van der Waals surface area contributed by atoms with Gasteiger partial charge in [0.25, 0.3) is 0 Å². The van der Waals surface area contributed by atoms with Gasteiger partial charge in [0.15, 0.2) is 0 Å². The van der Waals surface area contributed by atoms with Crippen LogP contribution in [0.1, 0.15) is 40.5 Å². The Balaban J connectivity index is 1.79. The fraction of sp³-hybridized carbons (Fsp3) is 0.280. The minimum Gasteiger partial charge on any atom is -0.462 e. The van der Waals surface area contributed by atoms with E-state index >= 15 is 0 Å². The Labute approximate surface area is 190 Å². The minimum absolute atomic E-state index is 0.0671. The third kappa shape index (κ3) is 5.83. The fourth-order valence-electron chi connectivity index (χ4n) is 3.49. The lowest BCUT2D eigenvalue weighted by molar-refractivity contribution is -0.137. The second-order valence-electron chi connectivity index (χ2n) is 7.64. The van der Waals surface area contributed by atoms with Crippen molar-refractivity contribution in [2.24, 2.45) is 0 Å². The molecule has 0 saturated heterocycles. The molecule has 0 unspecified atom stereocenters. The maximum atomic E-state index is 12.7. The van der Waals surface area contributed by atoms with Crippen LogP contribution in [0.4, 0.5) is 18.9 Å². The lowest BCUT2D eigenvalue weighted by Crippen LogP contribution is -2.16. The average molecular weight is 458 g/mol. The number of nitrogens with zero attached hydrogens (tertiary/aromatic N) is 1. The summed E-state index contributed by atoms with van der Waals surface area (Å²) in [6, 6.07) is 13.9. The molecule has 0 radical (unpaired) electrons. The Hall–Kier alpha value is -3.55. The minimum atomic E-state index is -4.43. The third-order valence-corrected chi connectivity index (χ3v) is 5.27. The van der Waals surface area contributed by atoms with Gasteiger partial charge >= 0.3 is 12.1 Å². The van der Waals surface area contributed by atoms with Gasteiger partial charge in [-0.3, -0.25) is 4.79 Å². The molecular weight excluding hydrogens is 433 g/mol. The molecule has 5 nitrogen and oxygen atoms in total. The van der Waals surface area contributed by atoms with E-state index in [1.54, 1.807) is 19.9 Å². The van der Waals surface area contributed by atoms with E-state index in [9.17, 15) is 22.8 Å². The van der Waals surface area contributed by atoms with E-state index in [0.717, 1.165) is 29.0 Å². The molecule has 0 aliphatic heterocycles. The van der Waals surface area contributed by atoms with Gasteiger partial charge in [-0.15, -0.1) is 0 Å². The zero-order valence-corrected chi connectivity index (χ0v) is 18.6. The van der Waals surface area contributed by atoms with Crippen LogP contribution >= 0.6 is 0 Å². The van der Waals surface area contributed by atoms with Crippen LogP contribution in [0.15, 0.2) is 54.6 Å². The van der Waals surface area contributed by atoms with E-state index in [1.165, 1.54) is 12.1 Å². The van der Waals surface area contributed by atoms with E-state index in [-0.39, 0.29) is 31.2 Å². The van der Waals surface area contributed by atoms with Gasteiger partial charge in [0.1, 0.15) is 0 Å². The van der Waals surface area contributed by atoms with E-state index in [4.69, 9.17) is 4.74 Å². The summed E-state index contributed by atoms with van der Waals surface area (Å²) in [6.07, 6.45) is -4.37. The van der Waals surface area contributed by atoms with Crippen molar-refractivity contribution < 1.29 is 27.5 Å². The maximum absolute atomic E-state index is 12.7.